The molecule has 3 rings (SSSR count). The van der Waals surface area contributed by atoms with Crippen molar-refractivity contribution < 1.29 is 14.3 Å². The molecular weight excluding hydrogens is 342 g/mol. The van der Waals surface area contributed by atoms with Crippen LogP contribution in [0.15, 0.2) is 54.4 Å². The van der Waals surface area contributed by atoms with Crippen molar-refractivity contribution >= 4 is 5.91 Å². The minimum absolute atomic E-state index is 0.116. The third-order valence-corrected chi connectivity index (χ3v) is 4.26. The highest BCUT2D eigenvalue weighted by Gasteiger charge is 2.13. The number of rotatable bonds is 8. The van der Waals surface area contributed by atoms with Gasteiger partial charge in [-0.25, -0.2) is 0 Å². The molecule has 0 radical (unpaired) electrons. The van der Waals surface area contributed by atoms with E-state index in [4.69, 9.17) is 9.47 Å². The van der Waals surface area contributed by atoms with Gasteiger partial charge in [0, 0.05) is 36.6 Å². The number of aromatic nitrogens is 1. The van der Waals surface area contributed by atoms with E-state index in [9.17, 15) is 4.79 Å². The second-order valence-electron chi connectivity index (χ2n) is 6.24. The van der Waals surface area contributed by atoms with Gasteiger partial charge in [-0.1, -0.05) is 17.7 Å². The van der Waals surface area contributed by atoms with Crippen molar-refractivity contribution in [2.24, 2.45) is 0 Å². The van der Waals surface area contributed by atoms with Crippen LogP contribution in [0.4, 0.5) is 0 Å². The Morgan fingerprint density at radius 1 is 1.26 bits per heavy atom. The predicted molar refractivity (Wildman–Crippen MR) is 104 cm³/mol. The van der Waals surface area contributed by atoms with Gasteiger partial charge in [-0.05, 0) is 44.2 Å². The maximum Gasteiger partial charge on any atom is 0.251 e. The molecule has 27 heavy (non-hydrogen) atoms. The van der Waals surface area contributed by atoms with E-state index in [-0.39, 0.29) is 5.91 Å². The molecule has 0 saturated carbocycles. The number of hydrogen-bond donors (Lipinski definition) is 2. The first-order chi connectivity index (χ1) is 13.3. The minimum Gasteiger partial charge on any atom is -0.490 e. The quantitative estimate of drug-likeness (QED) is 0.702. The van der Waals surface area contributed by atoms with Crippen molar-refractivity contribution in [2.45, 2.75) is 20.0 Å². The highest BCUT2D eigenvalue weighted by atomic mass is 16.5. The number of ether oxygens (including phenoxy) is 2. The number of nitrogens with zero attached hydrogens (tertiary/aromatic N) is 1. The van der Waals surface area contributed by atoms with E-state index in [0.29, 0.717) is 36.8 Å². The van der Waals surface area contributed by atoms with Gasteiger partial charge < -0.3 is 20.1 Å². The SMILES string of the molecule is CCOc1cc(C(=O)NCC2=CCNCC2)ccc1OCc1cccnc1. The Morgan fingerprint density at radius 3 is 2.93 bits per heavy atom. The smallest absolute Gasteiger partial charge is 0.251 e. The first kappa shape index (κ1) is 18.9. The van der Waals surface area contributed by atoms with Crippen molar-refractivity contribution in [2.75, 3.05) is 26.2 Å². The lowest BCUT2D eigenvalue weighted by Crippen LogP contribution is -2.29. The summed E-state index contributed by atoms with van der Waals surface area (Å²) in [5.74, 6) is 1.06. The number of carbonyl (C=O) groups excluding carboxylic acids is 1. The third kappa shape index (κ3) is 5.56. The van der Waals surface area contributed by atoms with Crippen molar-refractivity contribution in [3.05, 3.63) is 65.5 Å². The molecular formula is C21H25N3O3. The van der Waals surface area contributed by atoms with Gasteiger partial charge in [0.2, 0.25) is 0 Å². The highest BCUT2D eigenvalue weighted by molar-refractivity contribution is 5.95. The molecule has 0 spiro atoms. The van der Waals surface area contributed by atoms with Crippen LogP contribution in [0.2, 0.25) is 0 Å². The Balaban J connectivity index is 1.64. The Labute approximate surface area is 159 Å². The third-order valence-electron chi connectivity index (χ3n) is 4.26. The van der Waals surface area contributed by atoms with Crippen LogP contribution in [0.1, 0.15) is 29.3 Å². The lowest BCUT2D eigenvalue weighted by atomic mass is 10.1. The summed E-state index contributed by atoms with van der Waals surface area (Å²) in [4.78, 5) is 16.6. The van der Waals surface area contributed by atoms with Crippen LogP contribution in [0.25, 0.3) is 0 Å². The fraction of sp³-hybridized carbons (Fsp3) is 0.333. The molecule has 1 aliphatic rings. The van der Waals surface area contributed by atoms with Crippen LogP contribution >= 0.6 is 0 Å². The Bertz CT molecular complexity index is 791. The standard InChI is InChI=1S/C21H25N3O3/c1-2-26-20-12-18(21(25)24-14-16-7-10-22-11-8-16)5-6-19(20)27-15-17-4-3-9-23-13-17/h3-7,9,12-13,22H,2,8,10-11,14-15H2,1H3,(H,24,25). The van der Waals surface area contributed by atoms with Crippen molar-refractivity contribution in [3.8, 4) is 11.5 Å². The molecule has 142 valence electrons. The maximum atomic E-state index is 12.5. The zero-order valence-electron chi connectivity index (χ0n) is 15.5. The Hall–Kier alpha value is -2.86. The van der Waals surface area contributed by atoms with Gasteiger partial charge >= 0.3 is 0 Å². The fourth-order valence-electron chi connectivity index (χ4n) is 2.81. The maximum absolute atomic E-state index is 12.5. The molecule has 1 amide bonds. The first-order valence-corrected chi connectivity index (χ1v) is 9.21. The number of carbonyl (C=O) groups is 1. The van der Waals surface area contributed by atoms with E-state index in [1.807, 2.05) is 19.1 Å². The van der Waals surface area contributed by atoms with Crippen LogP contribution in [0, 0.1) is 0 Å². The molecule has 0 atom stereocenters. The second kappa shape index (κ2) is 9.73. The highest BCUT2D eigenvalue weighted by Crippen LogP contribution is 2.29. The molecule has 0 unspecified atom stereocenters. The molecule has 1 aromatic heterocycles. The lowest BCUT2D eigenvalue weighted by molar-refractivity contribution is 0.0956. The summed E-state index contributed by atoms with van der Waals surface area (Å²) in [6.07, 6.45) is 6.58. The van der Waals surface area contributed by atoms with Gasteiger partial charge in [-0.15, -0.1) is 0 Å². The number of amides is 1. The summed E-state index contributed by atoms with van der Waals surface area (Å²) < 4.78 is 11.5. The number of pyridine rings is 1. The molecule has 6 heteroatoms. The molecule has 2 aromatic rings. The summed E-state index contributed by atoms with van der Waals surface area (Å²) >= 11 is 0. The van der Waals surface area contributed by atoms with Crippen LogP contribution in [0.3, 0.4) is 0 Å². The zero-order valence-corrected chi connectivity index (χ0v) is 15.5. The van der Waals surface area contributed by atoms with Crippen LogP contribution < -0.4 is 20.1 Å². The fourth-order valence-corrected chi connectivity index (χ4v) is 2.81. The molecule has 2 heterocycles. The first-order valence-electron chi connectivity index (χ1n) is 9.21. The normalized spacial score (nSPS) is 13.6. The van der Waals surface area contributed by atoms with Gasteiger partial charge in [0.25, 0.3) is 5.91 Å². The van der Waals surface area contributed by atoms with Crippen molar-refractivity contribution in [3.63, 3.8) is 0 Å². The summed E-state index contributed by atoms with van der Waals surface area (Å²) in [6.45, 7) is 5.18. The Morgan fingerprint density at radius 2 is 2.19 bits per heavy atom. The van der Waals surface area contributed by atoms with E-state index in [2.05, 4.69) is 21.7 Å². The van der Waals surface area contributed by atoms with E-state index in [0.717, 1.165) is 25.1 Å². The van der Waals surface area contributed by atoms with Crippen LogP contribution in [-0.2, 0) is 6.61 Å². The summed E-state index contributed by atoms with van der Waals surface area (Å²) in [5, 5.41) is 6.24. The van der Waals surface area contributed by atoms with Crippen LogP contribution in [0.5, 0.6) is 11.5 Å². The zero-order chi connectivity index (χ0) is 18.9. The summed E-state index contributed by atoms with van der Waals surface area (Å²) in [5.41, 5.74) is 2.78. The van der Waals surface area contributed by atoms with Gasteiger partial charge in [0.05, 0.1) is 6.61 Å². The molecule has 0 aliphatic carbocycles. The average Bonchev–Trinajstić information content (AvgIpc) is 2.73. The van der Waals surface area contributed by atoms with Crippen molar-refractivity contribution in [1.29, 1.82) is 0 Å². The van der Waals surface area contributed by atoms with Crippen molar-refractivity contribution in [1.82, 2.24) is 15.6 Å². The molecule has 0 saturated heterocycles. The Kier molecular flexibility index (Phi) is 6.82. The lowest BCUT2D eigenvalue weighted by Gasteiger charge is -2.16. The largest absolute Gasteiger partial charge is 0.490 e. The molecule has 0 fully saturated rings. The summed E-state index contributed by atoms with van der Waals surface area (Å²) in [7, 11) is 0. The molecule has 0 bridgehead atoms. The van der Waals surface area contributed by atoms with Gasteiger partial charge in [0.15, 0.2) is 11.5 Å². The second-order valence-corrected chi connectivity index (χ2v) is 6.24. The molecule has 6 nitrogen and oxygen atoms in total. The van der Waals surface area contributed by atoms with Gasteiger partial charge in [0.1, 0.15) is 6.61 Å². The number of hydrogen-bond acceptors (Lipinski definition) is 5. The van der Waals surface area contributed by atoms with Gasteiger partial charge in [-0.3, -0.25) is 9.78 Å². The number of benzene rings is 1. The van der Waals surface area contributed by atoms with E-state index in [1.165, 1.54) is 5.57 Å². The topological polar surface area (TPSA) is 72.5 Å². The predicted octanol–water partition coefficient (Wildman–Crippen LogP) is 2.71. The van der Waals surface area contributed by atoms with E-state index >= 15 is 0 Å². The van der Waals surface area contributed by atoms with Gasteiger partial charge in [-0.2, -0.15) is 0 Å². The minimum atomic E-state index is -0.116. The summed E-state index contributed by atoms with van der Waals surface area (Å²) in [6, 6.07) is 9.08. The number of nitrogens with one attached hydrogen (secondary N) is 2. The molecule has 2 N–H and O–H groups in total. The molecule has 1 aromatic carbocycles. The monoisotopic (exact) mass is 367 g/mol. The molecule has 1 aliphatic heterocycles. The van der Waals surface area contributed by atoms with E-state index in [1.54, 1.807) is 30.6 Å². The van der Waals surface area contributed by atoms with E-state index < -0.39 is 0 Å². The average molecular weight is 367 g/mol. The van der Waals surface area contributed by atoms with Crippen LogP contribution in [-0.4, -0.2) is 37.1 Å².